The zero-order valence-corrected chi connectivity index (χ0v) is 15.6. The lowest BCUT2D eigenvalue weighted by molar-refractivity contribution is 0.146. The molecule has 0 aliphatic carbocycles. The van der Waals surface area contributed by atoms with Crippen molar-refractivity contribution in [3.63, 3.8) is 0 Å². The van der Waals surface area contributed by atoms with Gasteiger partial charge in [0.1, 0.15) is 0 Å². The summed E-state index contributed by atoms with van der Waals surface area (Å²) >= 11 is 11.3. The van der Waals surface area contributed by atoms with Crippen molar-refractivity contribution < 1.29 is 4.74 Å². The van der Waals surface area contributed by atoms with Crippen LogP contribution in [0.1, 0.15) is 24.6 Å². The second-order valence-electron chi connectivity index (χ2n) is 5.39. The number of nitrogens with one attached hydrogen (secondary N) is 2. The van der Waals surface area contributed by atoms with Crippen LogP contribution in [0.4, 0.5) is 5.82 Å². The first-order chi connectivity index (χ1) is 11.6. The minimum absolute atomic E-state index is 0.568. The molecule has 1 aromatic heterocycles. The Balaban J connectivity index is 1.85. The quantitative estimate of drug-likeness (QED) is 0.552. The van der Waals surface area contributed by atoms with E-state index < -0.39 is 0 Å². The number of benzene rings is 1. The van der Waals surface area contributed by atoms with E-state index in [9.17, 15) is 0 Å². The van der Waals surface area contributed by atoms with Crippen molar-refractivity contribution in [2.45, 2.75) is 26.8 Å². The van der Waals surface area contributed by atoms with Crippen molar-refractivity contribution >= 4 is 34.7 Å². The van der Waals surface area contributed by atoms with E-state index in [1.807, 2.05) is 48.9 Å². The van der Waals surface area contributed by atoms with Crippen molar-refractivity contribution in [2.24, 2.45) is 0 Å². The molecule has 0 unspecified atom stereocenters. The van der Waals surface area contributed by atoms with Crippen molar-refractivity contribution in [3.8, 4) is 0 Å². The van der Waals surface area contributed by atoms with E-state index in [2.05, 4.69) is 15.7 Å². The first-order valence-corrected chi connectivity index (χ1v) is 8.78. The van der Waals surface area contributed by atoms with Gasteiger partial charge in [0.05, 0.1) is 6.54 Å². The molecular weight excluding hydrogens is 344 g/mol. The molecule has 5 nitrogen and oxygen atoms in total. The molecule has 1 heterocycles. The predicted octanol–water partition coefficient (Wildman–Crippen LogP) is 3.61. The van der Waals surface area contributed by atoms with Gasteiger partial charge in [-0.1, -0.05) is 23.7 Å². The first kappa shape index (κ1) is 18.7. The lowest BCUT2D eigenvalue weighted by atomic mass is 10.2. The van der Waals surface area contributed by atoms with E-state index in [1.54, 1.807) is 0 Å². The Morgan fingerprint density at radius 1 is 1.38 bits per heavy atom. The number of thiocarbonyl (C=S) groups is 1. The summed E-state index contributed by atoms with van der Waals surface area (Å²) in [7, 11) is 0. The number of ether oxygens (including phenoxy) is 1. The third kappa shape index (κ3) is 6.11. The van der Waals surface area contributed by atoms with Gasteiger partial charge < -0.3 is 15.4 Å². The molecule has 0 atom stereocenters. The number of nitrogens with zero attached hydrogens (tertiary/aromatic N) is 2. The molecular formula is C17H23ClN4OS. The van der Waals surface area contributed by atoms with Gasteiger partial charge in [-0.3, -0.25) is 4.68 Å². The van der Waals surface area contributed by atoms with Crippen LogP contribution in [0.5, 0.6) is 0 Å². The van der Waals surface area contributed by atoms with Crippen LogP contribution in [0, 0.1) is 6.92 Å². The highest BCUT2D eigenvalue weighted by molar-refractivity contribution is 7.80. The second kappa shape index (κ2) is 9.61. The average Bonchev–Trinajstić information content (AvgIpc) is 2.86. The Morgan fingerprint density at radius 2 is 2.21 bits per heavy atom. The monoisotopic (exact) mass is 366 g/mol. The van der Waals surface area contributed by atoms with Crippen molar-refractivity contribution in [2.75, 3.05) is 25.1 Å². The topological polar surface area (TPSA) is 51.1 Å². The summed E-state index contributed by atoms with van der Waals surface area (Å²) in [6.45, 7) is 6.92. The van der Waals surface area contributed by atoms with Gasteiger partial charge in [0.2, 0.25) is 0 Å². The molecule has 2 N–H and O–H groups in total. The molecule has 0 radical (unpaired) electrons. The second-order valence-corrected chi connectivity index (χ2v) is 6.23. The van der Waals surface area contributed by atoms with E-state index in [1.165, 1.54) is 0 Å². The molecule has 0 saturated carbocycles. The molecule has 0 fully saturated rings. The lowest BCUT2D eigenvalue weighted by Crippen LogP contribution is -2.30. The fourth-order valence-corrected chi connectivity index (χ4v) is 2.64. The standard InChI is InChI=1S/C17H23ClN4OS/c1-3-23-9-5-8-19-17(24)20-16-10-13(2)22(21-16)12-14-6-4-7-15(18)11-14/h4,6-7,10-11H,3,5,8-9,12H2,1-2H3,(H2,19,20,21,24). The average molecular weight is 367 g/mol. The van der Waals surface area contributed by atoms with E-state index >= 15 is 0 Å². The van der Waals surface area contributed by atoms with Crippen LogP contribution in [0.15, 0.2) is 30.3 Å². The minimum atomic E-state index is 0.568. The summed E-state index contributed by atoms with van der Waals surface area (Å²) in [5.74, 6) is 0.733. The zero-order chi connectivity index (χ0) is 17.4. The number of anilines is 1. The Bertz CT molecular complexity index is 674. The van der Waals surface area contributed by atoms with Gasteiger partial charge >= 0.3 is 0 Å². The number of aryl methyl sites for hydroxylation is 1. The van der Waals surface area contributed by atoms with Gasteiger partial charge in [-0.2, -0.15) is 5.10 Å². The zero-order valence-electron chi connectivity index (χ0n) is 14.0. The van der Waals surface area contributed by atoms with E-state index in [0.29, 0.717) is 11.7 Å². The van der Waals surface area contributed by atoms with Crippen LogP contribution < -0.4 is 10.6 Å². The smallest absolute Gasteiger partial charge is 0.171 e. The fourth-order valence-electron chi connectivity index (χ4n) is 2.22. The molecule has 0 saturated heterocycles. The van der Waals surface area contributed by atoms with Crippen molar-refractivity contribution in [3.05, 3.63) is 46.6 Å². The van der Waals surface area contributed by atoms with Crippen LogP contribution in [-0.4, -0.2) is 34.7 Å². The summed E-state index contributed by atoms with van der Waals surface area (Å²) in [5, 5.41) is 12.1. The SMILES string of the molecule is CCOCCCNC(=S)Nc1cc(C)n(Cc2cccc(Cl)c2)n1. The van der Waals surface area contributed by atoms with Crippen LogP contribution in [0.2, 0.25) is 5.02 Å². The number of rotatable bonds is 8. The highest BCUT2D eigenvalue weighted by atomic mass is 35.5. The maximum Gasteiger partial charge on any atom is 0.171 e. The van der Waals surface area contributed by atoms with Crippen molar-refractivity contribution in [1.29, 1.82) is 0 Å². The summed E-state index contributed by atoms with van der Waals surface area (Å²) in [5.41, 5.74) is 2.16. The molecule has 0 amide bonds. The van der Waals surface area contributed by atoms with Gasteiger partial charge in [-0.05, 0) is 50.2 Å². The highest BCUT2D eigenvalue weighted by Crippen LogP contribution is 2.14. The van der Waals surface area contributed by atoms with Gasteiger partial charge in [0.25, 0.3) is 0 Å². The molecule has 0 aliphatic heterocycles. The Kier molecular flexibility index (Phi) is 7.49. The summed E-state index contributed by atoms with van der Waals surface area (Å²) in [6, 6.07) is 9.75. The van der Waals surface area contributed by atoms with Crippen LogP contribution in [0.3, 0.4) is 0 Å². The predicted molar refractivity (Wildman–Crippen MR) is 103 cm³/mol. The van der Waals surface area contributed by atoms with Gasteiger partial charge in [-0.15, -0.1) is 0 Å². The van der Waals surface area contributed by atoms with Crippen LogP contribution in [0.25, 0.3) is 0 Å². The van der Waals surface area contributed by atoms with E-state index in [0.717, 1.165) is 48.3 Å². The molecule has 2 aromatic rings. The Morgan fingerprint density at radius 3 is 2.96 bits per heavy atom. The van der Waals surface area contributed by atoms with Crippen LogP contribution in [-0.2, 0) is 11.3 Å². The molecule has 7 heteroatoms. The molecule has 0 spiro atoms. The Labute approximate surface area is 153 Å². The maximum absolute atomic E-state index is 6.03. The lowest BCUT2D eigenvalue weighted by Gasteiger charge is -2.08. The largest absolute Gasteiger partial charge is 0.382 e. The minimum Gasteiger partial charge on any atom is -0.382 e. The maximum atomic E-state index is 6.03. The fraction of sp³-hybridized carbons (Fsp3) is 0.412. The van der Waals surface area contributed by atoms with E-state index in [4.69, 9.17) is 28.6 Å². The summed E-state index contributed by atoms with van der Waals surface area (Å²) in [6.07, 6.45) is 0.915. The number of hydrogen-bond donors (Lipinski definition) is 2. The molecule has 0 bridgehead atoms. The molecule has 2 rings (SSSR count). The molecule has 1 aromatic carbocycles. The van der Waals surface area contributed by atoms with Crippen LogP contribution >= 0.6 is 23.8 Å². The normalized spacial score (nSPS) is 10.6. The summed E-state index contributed by atoms with van der Waals surface area (Å²) in [4.78, 5) is 0. The molecule has 130 valence electrons. The summed E-state index contributed by atoms with van der Waals surface area (Å²) < 4.78 is 7.21. The first-order valence-electron chi connectivity index (χ1n) is 8.00. The highest BCUT2D eigenvalue weighted by Gasteiger charge is 2.06. The van der Waals surface area contributed by atoms with Gasteiger partial charge in [0.15, 0.2) is 10.9 Å². The molecule has 0 aliphatic rings. The number of aromatic nitrogens is 2. The molecule has 24 heavy (non-hydrogen) atoms. The third-order valence-electron chi connectivity index (χ3n) is 3.40. The number of halogens is 1. The number of hydrogen-bond acceptors (Lipinski definition) is 3. The van der Waals surface area contributed by atoms with Gasteiger partial charge in [0, 0.05) is 36.5 Å². The van der Waals surface area contributed by atoms with Gasteiger partial charge in [-0.25, -0.2) is 0 Å². The van der Waals surface area contributed by atoms with Crippen molar-refractivity contribution in [1.82, 2.24) is 15.1 Å². The Hall–Kier alpha value is -1.63. The third-order valence-corrected chi connectivity index (χ3v) is 3.88. The van der Waals surface area contributed by atoms with E-state index in [-0.39, 0.29) is 0 Å².